The Balaban J connectivity index is 2.31. The molecule has 2 N–H and O–H groups in total. The highest BCUT2D eigenvalue weighted by atomic mass is 16.5. The van der Waals surface area contributed by atoms with Crippen molar-refractivity contribution in [3.63, 3.8) is 0 Å². The van der Waals surface area contributed by atoms with Crippen LogP contribution in [0.2, 0.25) is 0 Å². The Labute approximate surface area is 126 Å². The van der Waals surface area contributed by atoms with E-state index < -0.39 is 0 Å². The first-order valence-corrected chi connectivity index (χ1v) is 7.36. The van der Waals surface area contributed by atoms with Gasteiger partial charge in [0.2, 0.25) is 0 Å². The van der Waals surface area contributed by atoms with Gasteiger partial charge in [-0.15, -0.1) is 6.58 Å². The summed E-state index contributed by atoms with van der Waals surface area (Å²) in [5.74, 6) is 0.655. The van der Waals surface area contributed by atoms with E-state index in [9.17, 15) is 4.79 Å². The van der Waals surface area contributed by atoms with Crippen LogP contribution in [0.25, 0.3) is 0 Å². The molecule has 0 bridgehead atoms. The predicted molar refractivity (Wildman–Crippen MR) is 84.7 cm³/mol. The highest BCUT2D eigenvalue weighted by Gasteiger charge is 2.12. The molecule has 21 heavy (non-hydrogen) atoms. The summed E-state index contributed by atoms with van der Waals surface area (Å²) in [5, 5.41) is 11.9. The molecule has 0 aliphatic rings. The fourth-order valence-electron chi connectivity index (χ4n) is 2.02. The minimum absolute atomic E-state index is 0.0904. The normalized spacial score (nSPS) is 11.9. The van der Waals surface area contributed by atoms with Crippen molar-refractivity contribution in [3.8, 4) is 5.75 Å². The Kier molecular flexibility index (Phi) is 8.40. The lowest BCUT2D eigenvalue weighted by Crippen LogP contribution is -2.19. The predicted octanol–water partition coefficient (Wildman–Crippen LogP) is 2.29. The van der Waals surface area contributed by atoms with Gasteiger partial charge in [-0.2, -0.15) is 0 Å². The molecule has 0 saturated heterocycles. The lowest BCUT2D eigenvalue weighted by atomic mass is 9.96. The summed E-state index contributed by atoms with van der Waals surface area (Å²) >= 11 is 0. The van der Waals surface area contributed by atoms with Crippen molar-refractivity contribution in [2.24, 2.45) is 0 Å². The number of aliphatic hydroxyl groups excluding tert-OH is 1. The molecule has 1 aromatic carbocycles. The van der Waals surface area contributed by atoms with E-state index in [1.54, 1.807) is 13.0 Å². The summed E-state index contributed by atoms with van der Waals surface area (Å²) in [6.45, 7) is 7.84. The number of aliphatic hydroxyl groups is 1. The van der Waals surface area contributed by atoms with E-state index >= 15 is 0 Å². The fraction of sp³-hybridized carbons (Fsp3) is 0.471. The van der Waals surface area contributed by atoms with E-state index in [-0.39, 0.29) is 18.3 Å². The van der Waals surface area contributed by atoms with Crippen LogP contribution in [0.1, 0.15) is 31.2 Å². The molecule has 1 unspecified atom stereocenters. The number of Topliss-reactive ketones (excluding diaryl/α,β-unsaturated/α-hetero) is 1. The molecule has 1 aromatic rings. The molecule has 1 rings (SSSR count). The third kappa shape index (κ3) is 6.56. The Morgan fingerprint density at radius 2 is 2.00 bits per heavy atom. The minimum atomic E-state index is -0.241. The number of carbonyl (C=O) groups excluding carboxylic acids is 1. The van der Waals surface area contributed by atoms with Crippen molar-refractivity contribution in [1.82, 2.24) is 5.32 Å². The van der Waals surface area contributed by atoms with Crippen molar-refractivity contribution in [1.29, 1.82) is 0 Å². The number of rotatable bonds is 11. The van der Waals surface area contributed by atoms with E-state index in [0.29, 0.717) is 6.61 Å². The summed E-state index contributed by atoms with van der Waals surface area (Å²) in [7, 11) is 0. The van der Waals surface area contributed by atoms with Gasteiger partial charge >= 0.3 is 0 Å². The summed E-state index contributed by atoms with van der Waals surface area (Å²) < 4.78 is 5.64. The highest BCUT2D eigenvalue weighted by Crippen LogP contribution is 2.21. The van der Waals surface area contributed by atoms with E-state index in [2.05, 4.69) is 11.9 Å². The van der Waals surface area contributed by atoms with Gasteiger partial charge in [0.05, 0.1) is 12.5 Å². The largest absolute Gasteiger partial charge is 0.494 e. The van der Waals surface area contributed by atoms with Crippen LogP contribution in [-0.4, -0.2) is 37.2 Å². The number of allylic oxidation sites excluding steroid dienone is 1. The smallest absolute Gasteiger partial charge is 0.141 e. The molecule has 0 saturated carbocycles. The number of carbonyl (C=O) groups is 1. The van der Waals surface area contributed by atoms with E-state index in [1.807, 2.05) is 24.3 Å². The number of ketones is 1. The molecule has 0 amide bonds. The zero-order valence-corrected chi connectivity index (χ0v) is 12.7. The molecule has 1 atom stereocenters. The van der Waals surface area contributed by atoms with Gasteiger partial charge in [0.25, 0.3) is 0 Å². The van der Waals surface area contributed by atoms with Gasteiger partial charge in [-0.3, -0.25) is 4.79 Å². The summed E-state index contributed by atoms with van der Waals surface area (Å²) in [6, 6.07) is 7.58. The first-order chi connectivity index (χ1) is 10.2. The lowest BCUT2D eigenvalue weighted by Gasteiger charge is -2.11. The molecule has 116 valence electrons. The molecule has 0 aromatic heterocycles. The standard InChI is InChI=1S/C17H25NO3/c1-3-17(14(2)20)15-6-8-16(9-7-15)21-13-5-11-18-10-4-12-19/h3,6-9,17-19H,1,4-5,10-13H2,2H3. The molecular formula is C17H25NO3. The number of benzene rings is 1. The van der Waals surface area contributed by atoms with Gasteiger partial charge in [0.15, 0.2) is 0 Å². The van der Waals surface area contributed by atoms with Gasteiger partial charge in [0, 0.05) is 6.61 Å². The second-order valence-electron chi connectivity index (χ2n) is 4.92. The van der Waals surface area contributed by atoms with E-state index in [0.717, 1.165) is 37.2 Å². The van der Waals surface area contributed by atoms with E-state index in [4.69, 9.17) is 9.84 Å². The first-order valence-electron chi connectivity index (χ1n) is 7.36. The zero-order chi connectivity index (χ0) is 15.5. The summed E-state index contributed by atoms with van der Waals surface area (Å²) in [4.78, 5) is 11.5. The average Bonchev–Trinajstić information content (AvgIpc) is 2.48. The fourth-order valence-corrected chi connectivity index (χ4v) is 2.02. The van der Waals surface area contributed by atoms with Crippen LogP contribution in [0.5, 0.6) is 5.75 Å². The second-order valence-corrected chi connectivity index (χ2v) is 4.92. The number of hydrogen-bond acceptors (Lipinski definition) is 4. The number of hydrogen-bond donors (Lipinski definition) is 2. The molecular weight excluding hydrogens is 266 g/mol. The van der Waals surface area contributed by atoms with Crippen LogP contribution in [-0.2, 0) is 4.79 Å². The first kappa shape index (κ1) is 17.4. The topological polar surface area (TPSA) is 58.6 Å². The Hall–Kier alpha value is -1.65. The minimum Gasteiger partial charge on any atom is -0.494 e. The molecule has 0 heterocycles. The Morgan fingerprint density at radius 3 is 2.57 bits per heavy atom. The van der Waals surface area contributed by atoms with Gasteiger partial charge < -0.3 is 15.2 Å². The van der Waals surface area contributed by atoms with Crippen LogP contribution in [0.15, 0.2) is 36.9 Å². The summed E-state index contributed by atoms with van der Waals surface area (Å²) in [5.41, 5.74) is 0.940. The molecule has 4 heteroatoms. The van der Waals surface area contributed by atoms with Crippen molar-refractivity contribution >= 4 is 5.78 Å². The van der Waals surface area contributed by atoms with Crippen LogP contribution in [0.3, 0.4) is 0 Å². The number of nitrogens with one attached hydrogen (secondary N) is 1. The highest BCUT2D eigenvalue weighted by molar-refractivity contribution is 5.85. The van der Waals surface area contributed by atoms with Crippen molar-refractivity contribution in [2.45, 2.75) is 25.7 Å². The van der Waals surface area contributed by atoms with Crippen LogP contribution in [0, 0.1) is 0 Å². The van der Waals surface area contributed by atoms with Crippen molar-refractivity contribution < 1.29 is 14.6 Å². The molecule has 0 fully saturated rings. The number of ether oxygens (including phenoxy) is 1. The van der Waals surface area contributed by atoms with Crippen LogP contribution in [0.4, 0.5) is 0 Å². The average molecular weight is 291 g/mol. The molecule has 0 aliphatic heterocycles. The third-order valence-corrected chi connectivity index (χ3v) is 3.19. The molecule has 0 spiro atoms. The second kappa shape index (κ2) is 10.1. The summed E-state index contributed by atoms with van der Waals surface area (Å²) in [6.07, 6.45) is 3.36. The lowest BCUT2D eigenvalue weighted by molar-refractivity contribution is -0.117. The van der Waals surface area contributed by atoms with Gasteiger partial charge in [0.1, 0.15) is 11.5 Å². The van der Waals surface area contributed by atoms with Crippen LogP contribution >= 0.6 is 0 Å². The maximum Gasteiger partial charge on any atom is 0.141 e. The quantitative estimate of drug-likeness (QED) is 0.485. The Bertz CT molecular complexity index is 428. The molecule has 0 radical (unpaired) electrons. The van der Waals surface area contributed by atoms with Gasteiger partial charge in [-0.05, 0) is 50.6 Å². The van der Waals surface area contributed by atoms with Gasteiger partial charge in [-0.25, -0.2) is 0 Å². The monoisotopic (exact) mass is 291 g/mol. The van der Waals surface area contributed by atoms with Gasteiger partial charge in [-0.1, -0.05) is 18.2 Å². The van der Waals surface area contributed by atoms with Crippen molar-refractivity contribution in [3.05, 3.63) is 42.5 Å². The zero-order valence-electron chi connectivity index (χ0n) is 12.7. The van der Waals surface area contributed by atoms with E-state index in [1.165, 1.54) is 0 Å². The third-order valence-electron chi connectivity index (χ3n) is 3.19. The molecule has 4 nitrogen and oxygen atoms in total. The Morgan fingerprint density at radius 1 is 1.33 bits per heavy atom. The maximum absolute atomic E-state index is 11.5. The SMILES string of the molecule is C=CC(C(C)=O)c1ccc(OCCCNCCCO)cc1. The molecule has 0 aliphatic carbocycles. The van der Waals surface area contributed by atoms with Crippen molar-refractivity contribution in [2.75, 3.05) is 26.3 Å². The maximum atomic E-state index is 11.5. The van der Waals surface area contributed by atoms with Crippen LogP contribution < -0.4 is 10.1 Å².